The molecule has 33 heavy (non-hydrogen) atoms. The van der Waals surface area contributed by atoms with Gasteiger partial charge in [-0.25, -0.2) is 0 Å². The number of nitrogens with one attached hydrogen (secondary N) is 2. The zero-order valence-corrected chi connectivity index (χ0v) is 18.8. The van der Waals surface area contributed by atoms with E-state index < -0.39 is 0 Å². The van der Waals surface area contributed by atoms with E-state index in [9.17, 15) is 9.59 Å². The van der Waals surface area contributed by atoms with E-state index in [2.05, 4.69) is 15.6 Å². The largest absolute Gasteiger partial charge is 0.326 e. The van der Waals surface area contributed by atoms with E-state index in [1.165, 1.54) is 0 Å². The standard InChI is InChI=1S/C27H22ClN3O2/c1-18-5-14-24(25(16-18)19-6-8-20(28)9-7-19)27(33)31-22-12-10-21(11-13-22)30-26(32)17-23-4-2-3-15-29-23/h2-16H,17H2,1H3,(H,30,32)(H,31,33). The molecule has 0 aliphatic carbocycles. The Labute approximate surface area is 197 Å². The molecule has 3 aromatic carbocycles. The predicted octanol–water partition coefficient (Wildman–Crippen LogP) is 6.14. The molecule has 164 valence electrons. The van der Waals surface area contributed by atoms with Crippen molar-refractivity contribution in [2.45, 2.75) is 13.3 Å². The maximum Gasteiger partial charge on any atom is 0.256 e. The molecule has 0 fully saturated rings. The number of hydrogen-bond donors (Lipinski definition) is 2. The lowest BCUT2D eigenvalue weighted by Crippen LogP contribution is -2.15. The normalized spacial score (nSPS) is 10.5. The number of amides is 2. The first-order valence-electron chi connectivity index (χ1n) is 10.5. The smallest absolute Gasteiger partial charge is 0.256 e. The molecule has 0 aliphatic heterocycles. The van der Waals surface area contributed by atoms with Crippen LogP contribution in [0.15, 0.2) is 91.1 Å². The minimum absolute atomic E-state index is 0.155. The molecule has 4 aromatic rings. The van der Waals surface area contributed by atoms with Gasteiger partial charge in [-0.1, -0.05) is 47.5 Å². The van der Waals surface area contributed by atoms with Gasteiger partial charge in [-0.2, -0.15) is 0 Å². The first-order chi connectivity index (χ1) is 16.0. The topological polar surface area (TPSA) is 71.1 Å². The van der Waals surface area contributed by atoms with Crippen molar-refractivity contribution in [3.63, 3.8) is 0 Å². The van der Waals surface area contributed by atoms with Gasteiger partial charge in [0.2, 0.25) is 5.91 Å². The number of benzene rings is 3. The third-order valence-electron chi connectivity index (χ3n) is 5.07. The summed E-state index contributed by atoms with van der Waals surface area (Å²) in [7, 11) is 0. The molecule has 4 rings (SSSR count). The minimum Gasteiger partial charge on any atom is -0.326 e. The number of anilines is 2. The van der Waals surface area contributed by atoms with Crippen LogP contribution in [0.2, 0.25) is 5.02 Å². The average molecular weight is 456 g/mol. The van der Waals surface area contributed by atoms with Gasteiger partial charge in [0.15, 0.2) is 0 Å². The summed E-state index contributed by atoms with van der Waals surface area (Å²) in [6, 6.07) is 25.6. The van der Waals surface area contributed by atoms with Crippen LogP contribution in [0.4, 0.5) is 11.4 Å². The summed E-state index contributed by atoms with van der Waals surface area (Å²) >= 11 is 6.02. The SMILES string of the molecule is Cc1ccc(C(=O)Nc2ccc(NC(=O)Cc3ccccn3)cc2)c(-c2ccc(Cl)cc2)c1. The molecule has 0 saturated carbocycles. The van der Waals surface area contributed by atoms with Crippen molar-refractivity contribution in [1.29, 1.82) is 0 Å². The molecule has 0 atom stereocenters. The third-order valence-corrected chi connectivity index (χ3v) is 5.32. The number of carbonyl (C=O) groups excluding carboxylic acids is 2. The maximum atomic E-state index is 13.0. The van der Waals surface area contributed by atoms with Crippen molar-refractivity contribution in [3.8, 4) is 11.1 Å². The number of rotatable bonds is 6. The van der Waals surface area contributed by atoms with Crippen LogP contribution >= 0.6 is 11.6 Å². The molecular weight excluding hydrogens is 434 g/mol. The van der Waals surface area contributed by atoms with Crippen molar-refractivity contribution in [1.82, 2.24) is 4.98 Å². The fourth-order valence-corrected chi connectivity index (χ4v) is 3.56. The first-order valence-corrected chi connectivity index (χ1v) is 10.8. The Morgan fingerprint density at radius 3 is 2.21 bits per heavy atom. The molecular formula is C27H22ClN3O2. The van der Waals surface area contributed by atoms with Crippen LogP contribution in [0, 0.1) is 6.92 Å². The van der Waals surface area contributed by atoms with E-state index in [0.717, 1.165) is 16.7 Å². The quantitative estimate of drug-likeness (QED) is 0.366. The second-order valence-corrected chi connectivity index (χ2v) is 8.07. The van der Waals surface area contributed by atoms with Gasteiger partial charge in [-0.3, -0.25) is 14.6 Å². The number of aryl methyl sites for hydroxylation is 1. The first kappa shape index (κ1) is 22.2. The average Bonchev–Trinajstić information content (AvgIpc) is 2.81. The van der Waals surface area contributed by atoms with E-state index >= 15 is 0 Å². The van der Waals surface area contributed by atoms with Gasteiger partial charge < -0.3 is 10.6 Å². The van der Waals surface area contributed by atoms with Crippen LogP contribution in [-0.2, 0) is 11.2 Å². The zero-order valence-electron chi connectivity index (χ0n) is 18.0. The Kier molecular flexibility index (Phi) is 6.81. The molecule has 1 heterocycles. The van der Waals surface area contributed by atoms with Crippen LogP contribution in [0.5, 0.6) is 0 Å². The van der Waals surface area contributed by atoms with Crippen molar-refractivity contribution in [2.75, 3.05) is 10.6 Å². The molecule has 0 bridgehead atoms. The van der Waals surface area contributed by atoms with Gasteiger partial charge in [0, 0.05) is 33.9 Å². The van der Waals surface area contributed by atoms with Crippen molar-refractivity contribution >= 4 is 34.8 Å². The van der Waals surface area contributed by atoms with Crippen LogP contribution in [0.3, 0.4) is 0 Å². The van der Waals surface area contributed by atoms with Gasteiger partial charge >= 0.3 is 0 Å². The van der Waals surface area contributed by atoms with Crippen LogP contribution < -0.4 is 10.6 Å². The highest BCUT2D eigenvalue weighted by molar-refractivity contribution is 6.30. The van der Waals surface area contributed by atoms with E-state index in [0.29, 0.717) is 27.7 Å². The lowest BCUT2D eigenvalue weighted by molar-refractivity contribution is -0.115. The van der Waals surface area contributed by atoms with E-state index in [4.69, 9.17) is 11.6 Å². The Balaban J connectivity index is 1.45. The summed E-state index contributed by atoms with van der Waals surface area (Å²) < 4.78 is 0. The van der Waals surface area contributed by atoms with Gasteiger partial charge in [0.1, 0.15) is 0 Å². The molecule has 5 nitrogen and oxygen atoms in total. The number of halogens is 1. The lowest BCUT2D eigenvalue weighted by atomic mass is 9.97. The fourth-order valence-electron chi connectivity index (χ4n) is 3.43. The Morgan fingerprint density at radius 2 is 1.55 bits per heavy atom. The van der Waals surface area contributed by atoms with Crippen molar-refractivity contribution in [2.24, 2.45) is 0 Å². The summed E-state index contributed by atoms with van der Waals surface area (Å²) in [5, 5.41) is 6.42. The number of nitrogens with zero attached hydrogens (tertiary/aromatic N) is 1. The second-order valence-electron chi connectivity index (χ2n) is 7.63. The van der Waals surface area contributed by atoms with Gasteiger partial charge in [0.25, 0.3) is 5.91 Å². The van der Waals surface area contributed by atoms with Gasteiger partial charge in [-0.05, 0) is 72.6 Å². The molecule has 0 aliphatic rings. The zero-order chi connectivity index (χ0) is 23.2. The summed E-state index contributed by atoms with van der Waals surface area (Å²) in [5.41, 5.74) is 5.35. The molecule has 0 unspecified atom stereocenters. The highest BCUT2D eigenvalue weighted by Crippen LogP contribution is 2.27. The third kappa shape index (κ3) is 5.84. The summed E-state index contributed by atoms with van der Waals surface area (Å²) in [6.07, 6.45) is 1.85. The van der Waals surface area contributed by atoms with E-state index in [1.54, 1.807) is 30.5 Å². The number of hydrogen-bond acceptors (Lipinski definition) is 3. The van der Waals surface area contributed by atoms with Gasteiger partial charge in [0.05, 0.1) is 6.42 Å². The Morgan fingerprint density at radius 1 is 0.848 bits per heavy atom. The van der Waals surface area contributed by atoms with Crippen molar-refractivity contribution < 1.29 is 9.59 Å². The second kappa shape index (κ2) is 10.1. The number of pyridine rings is 1. The molecule has 6 heteroatoms. The highest BCUT2D eigenvalue weighted by Gasteiger charge is 2.14. The Hall–Kier alpha value is -3.96. The van der Waals surface area contributed by atoms with Crippen LogP contribution in [-0.4, -0.2) is 16.8 Å². The Bertz CT molecular complexity index is 1270. The highest BCUT2D eigenvalue weighted by atomic mass is 35.5. The van der Waals surface area contributed by atoms with E-state index in [1.807, 2.05) is 67.6 Å². The summed E-state index contributed by atoms with van der Waals surface area (Å²) in [6.45, 7) is 1.99. The molecule has 0 radical (unpaired) electrons. The maximum absolute atomic E-state index is 13.0. The van der Waals surface area contributed by atoms with Gasteiger partial charge in [-0.15, -0.1) is 0 Å². The monoisotopic (exact) mass is 455 g/mol. The van der Waals surface area contributed by atoms with Crippen LogP contribution in [0.25, 0.3) is 11.1 Å². The number of aromatic nitrogens is 1. The summed E-state index contributed by atoms with van der Waals surface area (Å²) in [5.74, 6) is -0.371. The minimum atomic E-state index is -0.216. The molecule has 2 amide bonds. The molecule has 0 spiro atoms. The summed E-state index contributed by atoms with van der Waals surface area (Å²) in [4.78, 5) is 29.4. The molecule has 0 saturated heterocycles. The fraction of sp³-hybridized carbons (Fsp3) is 0.0741. The van der Waals surface area contributed by atoms with Crippen molar-refractivity contribution in [3.05, 3.63) is 113 Å². The lowest BCUT2D eigenvalue weighted by Gasteiger charge is -2.12. The van der Waals surface area contributed by atoms with E-state index in [-0.39, 0.29) is 18.2 Å². The molecule has 1 aromatic heterocycles. The predicted molar refractivity (Wildman–Crippen MR) is 133 cm³/mol. The number of carbonyl (C=O) groups is 2. The molecule has 2 N–H and O–H groups in total. The van der Waals surface area contributed by atoms with Crippen LogP contribution in [0.1, 0.15) is 21.6 Å².